The molecule has 1 N–H and O–H groups in total. The number of piperazine rings is 1. The topological polar surface area (TPSA) is 24.5 Å². The Labute approximate surface area is 123 Å². The van der Waals surface area contributed by atoms with E-state index in [1.807, 2.05) is 0 Å². The molecular weight excluding hydrogens is 248 g/mol. The lowest BCUT2D eigenvalue weighted by molar-refractivity contribution is 0.185. The van der Waals surface area contributed by atoms with E-state index >= 15 is 0 Å². The summed E-state index contributed by atoms with van der Waals surface area (Å²) in [5.41, 5.74) is 2.58. The van der Waals surface area contributed by atoms with E-state index in [2.05, 4.69) is 55.3 Å². The van der Waals surface area contributed by atoms with Crippen molar-refractivity contribution in [1.29, 1.82) is 0 Å². The number of methoxy groups -OCH3 is 1. The fourth-order valence-corrected chi connectivity index (χ4v) is 2.99. The molecule has 0 radical (unpaired) electrons. The van der Waals surface area contributed by atoms with Crippen LogP contribution in [0.5, 0.6) is 0 Å². The zero-order valence-electron chi connectivity index (χ0n) is 13.2. The molecule has 0 saturated carbocycles. The van der Waals surface area contributed by atoms with Gasteiger partial charge in [-0.15, -0.1) is 0 Å². The highest BCUT2D eigenvalue weighted by Crippen LogP contribution is 2.25. The lowest BCUT2D eigenvalue weighted by Gasteiger charge is -2.44. The maximum absolute atomic E-state index is 5.26. The first-order valence-corrected chi connectivity index (χ1v) is 7.73. The van der Waals surface area contributed by atoms with Crippen LogP contribution >= 0.6 is 0 Å². The highest BCUT2D eigenvalue weighted by atomic mass is 16.5. The summed E-state index contributed by atoms with van der Waals surface area (Å²) in [5.74, 6) is 0.645. The molecule has 1 aromatic rings. The molecule has 1 aliphatic rings. The van der Waals surface area contributed by atoms with Crippen LogP contribution in [0.3, 0.4) is 0 Å². The summed E-state index contributed by atoms with van der Waals surface area (Å²) in [4.78, 5) is 2.58. The SMILES string of the molecule is CCC1CN(c2cccc(COC)c2)C(C(C)C)CN1. The van der Waals surface area contributed by atoms with Gasteiger partial charge in [-0.25, -0.2) is 0 Å². The van der Waals surface area contributed by atoms with Crippen molar-refractivity contribution in [3.63, 3.8) is 0 Å². The van der Waals surface area contributed by atoms with Crippen LogP contribution in [-0.4, -0.2) is 32.3 Å². The molecule has 20 heavy (non-hydrogen) atoms. The zero-order chi connectivity index (χ0) is 14.5. The molecule has 0 bridgehead atoms. The predicted octanol–water partition coefficient (Wildman–Crippen LogP) is 3.05. The maximum Gasteiger partial charge on any atom is 0.0713 e. The summed E-state index contributed by atoms with van der Waals surface area (Å²) < 4.78 is 5.26. The minimum absolute atomic E-state index is 0.565. The van der Waals surface area contributed by atoms with Gasteiger partial charge in [0.05, 0.1) is 6.61 Å². The van der Waals surface area contributed by atoms with Gasteiger partial charge in [-0.2, -0.15) is 0 Å². The van der Waals surface area contributed by atoms with E-state index in [0.717, 1.165) is 13.1 Å². The first-order valence-electron chi connectivity index (χ1n) is 7.73. The fourth-order valence-electron chi connectivity index (χ4n) is 2.99. The molecule has 0 amide bonds. The Morgan fingerprint density at radius 3 is 2.85 bits per heavy atom. The Morgan fingerprint density at radius 2 is 2.20 bits per heavy atom. The summed E-state index contributed by atoms with van der Waals surface area (Å²) in [6, 6.07) is 9.94. The molecule has 2 rings (SSSR count). The van der Waals surface area contributed by atoms with Crippen LogP contribution in [0.15, 0.2) is 24.3 Å². The lowest BCUT2D eigenvalue weighted by Crippen LogP contribution is -2.58. The summed E-state index contributed by atoms with van der Waals surface area (Å²) in [5, 5.41) is 3.67. The molecule has 1 aromatic carbocycles. The smallest absolute Gasteiger partial charge is 0.0713 e. The highest BCUT2D eigenvalue weighted by Gasteiger charge is 2.29. The Balaban J connectivity index is 2.22. The number of nitrogens with zero attached hydrogens (tertiary/aromatic N) is 1. The minimum atomic E-state index is 0.565. The maximum atomic E-state index is 5.26. The molecule has 0 spiro atoms. The third kappa shape index (κ3) is 3.53. The average molecular weight is 276 g/mol. The van der Waals surface area contributed by atoms with Crippen molar-refractivity contribution in [2.45, 2.75) is 45.9 Å². The van der Waals surface area contributed by atoms with Gasteiger partial charge in [0.1, 0.15) is 0 Å². The molecule has 1 heterocycles. The average Bonchev–Trinajstić information content (AvgIpc) is 2.47. The van der Waals surface area contributed by atoms with Crippen molar-refractivity contribution in [3.05, 3.63) is 29.8 Å². The molecule has 0 aromatic heterocycles. The highest BCUT2D eigenvalue weighted by molar-refractivity contribution is 5.50. The molecular formula is C17H28N2O. The van der Waals surface area contributed by atoms with Crippen LogP contribution in [0.1, 0.15) is 32.8 Å². The number of rotatable bonds is 5. The predicted molar refractivity (Wildman–Crippen MR) is 85.2 cm³/mol. The van der Waals surface area contributed by atoms with E-state index in [-0.39, 0.29) is 0 Å². The number of anilines is 1. The molecule has 1 saturated heterocycles. The van der Waals surface area contributed by atoms with Crippen LogP contribution in [0.4, 0.5) is 5.69 Å². The Morgan fingerprint density at radius 1 is 1.40 bits per heavy atom. The van der Waals surface area contributed by atoms with E-state index in [0.29, 0.717) is 24.6 Å². The molecule has 112 valence electrons. The zero-order valence-corrected chi connectivity index (χ0v) is 13.2. The van der Waals surface area contributed by atoms with E-state index < -0.39 is 0 Å². The molecule has 2 unspecified atom stereocenters. The normalized spacial score (nSPS) is 23.4. The van der Waals surface area contributed by atoms with Crippen molar-refractivity contribution in [2.24, 2.45) is 5.92 Å². The van der Waals surface area contributed by atoms with Gasteiger partial charge < -0.3 is 15.0 Å². The third-order valence-corrected chi connectivity index (χ3v) is 4.25. The van der Waals surface area contributed by atoms with Crippen LogP contribution in [0.2, 0.25) is 0 Å². The Kier molecular flexibility index (Phi) is 5.44. The number of hydrogen-bond donors (Lipinski definition) is 1. The second-order valence-corrected chi connectivity index (χ2v) is 6.08. The van der Waals surface area contributed by atoms with Crippen molar-refractivity contribution >= 4 is 5.69 Å². The third-order valence-electron chi connectivity index (χ3n) is 4.25. The molecule has 1 fully saturated rings. The first-order chi connectivity index (χ1) is 9.65. The van der Waals surface area contributed by atoms with Crippen LogP contribution in [0.25, 0.3) is 0 Å². The Bertz CT molecular complexity index is 419. The summed E-state index contributed by atoms with van der Waals surface area (Å²) in [7, 11) is 1.75. The number of benzene rings is 1. The standard InChI is InChI=1S/C17H28N2O/c1-5-15-11-19(17(10-18-15)13(2)3)16-8-6-7-14(9-16)12-20-4/h6-9,13,15,17-18H,5,10-12H2,1-4H3. The van der Waals surface area contributed by atoms with Gasteiger partial charge in [-0.1, -0.05) is 32.9 Å². The summed E-state index contributed by atoms with van der Waals surface area (Å²) >= 11 is 0. The van der Waals surface area contributed by atoms with Crippen molar-refractivity contribution in [2.75, 3.05) is 25.1 Å². The number of hydrogen-bond acceptors (Lipinski definition) is 3. The molecule has 3 nitrogen and oxygen atoms in total. The van der Waals surface area contributed by atoms with Crippen molar-refractivity contribution < 1.29 is 4.74 Å². The number of ether oxygens (including phenoxy) is 1. The summed E-state index contributed by atoms with van der Waals surface area (Å²) in [6.45, 7) is 9.73. The van der Waals surface area contributed by atoms with E-state index in [1.165, 1.54) is 17.7 Å². The van der Waals surface area contributed by atoms with E-state index in [9.17, 15) is 0 Å². The summed E-state index contributed by atoms with van der Waals surface area (Å²) in [6.07, 6.45) is 1.18. The van der Waals surface area contributed by atoms with Gasteiger partial charge in [-0.05, 0) is 30.0 Å². The lowest BCUT2D eigenvalue weighted by atomic mass is 9.96. The van der Waals surface area contributed by atoms with Crippen molar-refractivity contribution in [1.82, 2.24) is 5.32 Å². The largest absolute Gasteiger partial charge is 0.380 e. The molecule has 0 aliphatic carbocycles. The molecule has 1 aliphatic heterocycles. The van der Waals surface area contributed by atoms with Gasteiger partial charge in [-0.3, -0.25) is 0 Å². The van der Waals surface area contributed by atoms with Gasteiger partial charge in [0, 0.05) is 38.0 Å². The van der Waals surface area contributed by atoms with Crippen LogP contribution in [0, 0.1) is 5.92 Å². The van der Waals surface area contributed by atoms with E-state index in [4.69, 9.17) is 4.74 Å². The van der Waals surface area contributed by atoms with Gasteiger partial charge >= 0.3 is 0 Å². The monoisotopic (exact) mass is 276 g/mol. The van der Waals surface area contributed by atoms with Crippen LogP contribution in [-0.2, 0) is 11.3 Å². The van der Waals surface area contributed by atoms with Gasteiger partial charge in [0.2, 0.25) is 0 Å². The van der Waals surface area contributed by atoms with Crippen LogP contribution < -0.4 is 10.2 Å². The van der Waals surface area contributed by atoms with E-state index in [1.54, 1.807) is 7.11 Å². The molecule has 3 heteroatoms. The van der Waals surface area contributed by atoms with Gasteiger partial charge in [0.15, 0.2) is 0 Å². The molecule has 2 atom stereocenters. The van der Waals surface area contributed by atoms with Crippen molar-refractivity contribution in [3.8, 4) is 0 Å². The number of nitrogens with one attached hydrogen (secondary N) is 1. The Hall–Kier alpha value is -1.06. The van der Waals surface area contributed by atoms with Gasteiger partial charge in [0.25, 0.3) is 0 Å². The first kappa shape index (κ1) is 15.3. The second kappa shape index (κ2) is 7.09. The minimum Gasteiger partial charge on any atom is -0.380 e. The quantitative estimate of drug-likeness (QED) is 0.894. The fraction of sp³-hybridized carbons (Fsp3) is 0.647. The second-order valence-electron chi connectivity index (χ2n) is 6.08.